The number of benzene rings is 3. The van der Waals surface area contributed by atoms with Crippen molar-refractivity contribution in [2.24, 2.45) is 0 Å². The molecule has 1 aromatic heterocycles. The number of aliphatic hydroxyl groups is 1. The van der Waals surface area contributed by atoms with Crippen molar-refractivity contribution < 1.29 is 9.84 Å². The number of anilines is 1. The Bertz CT molecular complexity index is 1080. The minimum Gasteiger partial charge on any atom is -0.497 e. The van der Waals surface area contributed by atoms with Crippen molar-refractivity contribution in [2.75, 3.05) is 12.4 Å². The first-order valence-corrected chi connectivity index (χ1v) is 9.57. The molecule has 4 nitrogen and oxygen atoms in total. The van der Waals surface area contributed by atoms with Gasteiger partial charge in [0.15, 0.2) is 0 Å². The van der Waals surface area contributed by atoms with Crippen LogP contribution in [0.4, 0.5) is 5.69 Å². The second kappa shape index (κ2) is 7.21. The molecule has 3 aromatic carbocycles. The van der Waals surface area contributed by atoms with E-state index in [0.717, 1.165) is 22.5 Å². The normalized spacial score (nSPS) is 13.6. The molecule has 0 radical (unpaired) electrons. The average Bonchev–Trinajstić information content (AvgIpc) is 2.98. The minimum atomic E-state index is -0.604. The number of hydrogen-bond donors (Lipinski definition) is 2. The van der Waals surface area contributed by atoms with Gasteiger partial charge in [0.25, 0.3) is 0 Å². The molecular formula is C24H26N2O2. The topological polar surface area (TPSA) is 46.4 Å². The maximum absolute atomic E-state index is 10.7. The van der Waals surface area contributed by atoms with E-state index in [9.17, 15) is 5.11 Å². The molecule has 0 amide bonds. The number of aromatic nitrogens is 1. The third-order valence-corrected chi connectivity index (χ3v) is 5.23. The Hall–Kier alpha value is -2.98. The Balaban J connectivity index is 1.92. The quantitative estimate of drug-likeness (QED) is 0.491. The van der Waals surface area contributed by atoms with Crippen LogP contribution in [0.5, 0.6) is 5.75 Å². The third kappa shape index (κ3) is 3.20. The summed E-state index contributed by atoms with van der Waals surface area (Å²) in [4.78, 5) is 0. The summed E-state index contributed by atoms with van der Waals surface area (Å²) < 4.78 is 7.55. The van der Waals surface area contributed by atoms with Gasteiger partial charge in [-0.3, -0.25) is 0 Å². The zero-order chi connectivity index (χ0) is 19.8. The fraction of sp³-hybridized carbons (Fsp3) is 0.250. The zero-order valence-corrected chi connectivity index (χ0v) is 16.7. The van der Waals surface area contributed by atoms with Crippen molar-refractivity contribution in [1.29, 1.82) is 0 Å². The molecular weight excluding hydrogens is 348 g/mol. The number of fused-ring (bicyclic) bond motifs is 3. The van der Waals surface area contributed by atoms with Crippen LogP contribution in [0.1, 0.15) is 24.2 Å². The Labute approximate surface area is 165 Å². The number of nitrogens with one attached hydrogen (secondary N) is 1. The summed E-state index contributed by atoms with van der Waals surface area (Å²) in [5, 5.41) is 16.6. The lowest BCUT2D eigenvalue weighted by molar-refractivity contribution is 0.147. The van der Waals surface area contributed by atoms with E-state index in [1.807, 2.05) is 31.2 Å². The number of nitrogens with zero attached hydrogens (tertiary/aromatic N) is 1. The molecule has 0 bridgehead atoms. The van der Waals surface area contributed by atoms with Crippen molar-refractivity contribution in [3.8, 4) is 5.75 Å². The molecule has 0 aliphatic rings. The molecule has 0 saturated heterocycles. The van der Waals surface area contributed by atoms with E-state index in [2.05, 4.69) is 60.1 Å². The van der Waals surface area contributed by atoms with Gasteiger partial charge in [0.05, 0.1) is 24.2 Å². The van der Waals surface area contributed by atoms with Crippen LogP contribution in [0.3, 0.4) is 0 Å². The second-order valence-electron chi connectivity index (χ2n) is 7.47. The monoisotopic (exact) mass is 374 g/mol. The van der Waals surface area contributed by atoms with Gasteiger partial charge in [-0.15, -0.1) is 0 Å². The summed E-state index contributed by atoms with van der Waals surface area (Å²) in [6.07, 6.45) is -0.926. The first kappa shape index (κ1) is 18.4. The predicted octanol–water partition coefficient (Wildman–Crippen LogP) is 5.41. The summed E-state index contributed by atoms with van der Waals surface area (Å²) in [5.74, 6) is 0.780. The molecule has 0 saturated carbocycles. The van der Waals surface area contributed by atoms with Crippen LogP contribution in [0.15, 0.2) is 60.7 Å². The molecule has 4 aromatic rings. The lowest BCUT2D eigenvalue weighted by Crippen LogP contribution is -2.28. The molecule has 2 atom stereocenters. The molecule has 0 fully saturated rings. The highest BCUT2D eigenvalue weighted by molar-refractivity contribution is 6.08. The highest BCUT2D eigenvalue weighted by Crippen LogP contribution is 2.35. The summed E-state index contributed by atoms with van der Waals surface area (Å²) in [7, 11) is 1.66. The van der Waals surface area contributed by atoms with Crippen molar-refractivity contribution in [3.05, 3.63) is 71.8 Å². The van der Waals surface area contributed by atoms with Crippen molar-refractivity contribution in [2.45, 2.75) is 33.0 Å². The summed E-state index contributed by atoms with van der Waals surface area (Å²) in [6, 6.07) is 20.7. The van der Waals surface area contributed by atoms with Gasteiger partial charge in [-0.25, -0.2) is 0 Å². The van der Waals surface area contributed by atoms with Crippen LogP contribution in [-0.2, 0) is 0 Å². The van der Waals surface area contributed by atoms with Gasteiger partial charge in [0.2, 0.25) is 0 Å². The Kier molecular flexibility index (Phi) is 4.73. The maximum atomic E-state index is 10.7. The van der Waals surface area contributed by atoms with Crippen molar-refractivity contribution in [3.63, 3.8) is 0 Å². The van der Waals surface area contributed by atoms with Gasteiger partial charge < -0.3 is 19.7 Å². The fourth-order valence-electron chi connectivity index (χ4n) is 3.87. The van der Waals surface area contributed by atoms with E-state index in [1.54, 1.807) is 7.11 Å². The van der Waals surface area contributed by atoms with Gasteiger partial charge >= 0.3 is 0 Å². The zero-order valence-electron chi connectivity index (χ0n) is 16.7. The molecule has 1 heterocycles. The summed E-state index contributed by atoms with van der Waals surface area (Å²) in [6.45, 7) is 6.04. The second-order valence-corrected chi connectivity index (χ2v) is 7.47. The maximum Gasteiger partial charge on any atom is 0.130 e. The number of hydrogen-bond acceptors (Lipinski definition) is 3. The van der Waals surface area contributed by atoms with Gasteiger partial charge in [-0.1, -0.05) is 29.3 Å². The average molecular weight is 374 g/mol. The largest absolute Gasteiger partial charge is 0.497 e. The van der Waals surface area contributed by atoms with Crippen LogP contribution >= 0.6 is 0 Å². The number of aliphatic hydroxyl groups excluding tert-OH is 1. The third-order valence-electron chi connectivity index (χ3n) is 5.23. The SMILES string of the molecule is COc1cccc(NC(C(C)O)n2c3ccc(C)cc3c3cc(C)ccc32)c1. The van der Waals surface area contributed by atoms with Gasteiger partial charge in [-0.05, 0) is 57.2 Å². The van der Waals surface area contributed by atoms with Gasteiger partial charge in [0, 0.05) is 22.5 Å². The predicted molar refractivity (Wildman–Crippen MR) is 116 cm³/mol. The molecule has 0 aliphatic carbocycles. The lowest BCUT2D eigenvalue weighted by atomic mass is 10.1. The minimum absolute atomic E-state index is 0.322. The fourth-order valence-corrected chi connectivity index (χ4v) is 3.87. The Morgan fingerprint density at radius 1 is 0.893 bits per heavy atom. The van der Waals surface area contributed by atoms with E-state index in [-0.39, 0.29) is 6.17 Å². The van der Waals surface area contributed by atoms with E-state index < -0.39 is 6.10 Å². The first-order valence-electron chi connectivity index (χ1n) is 9.57. The molecule has 2 unspecified atom stereocenters. The van der Waals surface area contributed by atoms with Crippen LogP contribution in [0.2, 0.25) is 0 Å². The van der Waals surface area contributed by atoms with E-state index in [0.29, 0.717) is 0 Å². The lowest BCUT2D eigenvalue weighted by Gasteiger charge is -2.26. The summed E-state index contributed by atoms with van der Waals surface area (Å²) >= 11 is 0. The van der Waals surface area contributed by atoms with Crippen LogP contribution in [-0.4, -0.2) is 22.9 Å². The Morgan fingerprint density at radius 3 is 2.04 bits per heavy atom. The molecule has 2 N–H and O–H groups in total. The van der Waals surface area contributed by atoms with Crippen LogP contribution in [0, 0.1) is 13.8 Å². The van der Waals surface area contributed by atoms with Crippen molar-refractivity contribution >= 4 is 27.5 Å². The molecule has 144 valence electrons. The standard InChI is InChI=1S/C24H26N2O2/c1-15-8-10-22-20(12-15)21-13-16(2)9-11-23(21)26(22)24(17(3)27)25-18-6-5-7-19(14-18)28-4/h5-14,17,24-25,27H,1-4H3. The highest BCUT2D eigenvalue weighted by Gasteiger charge is 2.22. The molecule has 4 heteroatoms. The molecule has 0 spiro atoms. The molecule has 4 rings (SSSR count). The summed E-state index contributed by atoms with van der Waals surface area (Å²) in [5.41, 5.74) is 5.56. The smallest absolute Gasteiger partial charge is 0.130 e. The number of methoxy groups -OCH3 is 1. The van der Waals surface area contributed by atoms with Crippen molar-refractivity contribution in [1.82, 2.24) is 4.57 Å². The highest BCUT2D eigenvalue weighted by atomic mass is 16.5. The van der Waals surface area contributed by atoms with E-state index in [4.69, 9.17) is 4.74 Å². The van der Waals surface area contributed by atoms with Crippen LogP contribution in [0.25, 0.3) is 21.8 Å². The number of rotatable bonds is 5. The first-order chi connectivity index (χ1) is 13.5. The van der Waals surface area contributed by atoms with Gasteiger partial charge in [0.1, 0.15) is 11.9 Å². The van der Waals surface area contributed by atoms with E-state index in [1.165, 1.54) is 21.9 Å². The number of ether oxygens (including phenoxy) is 1. The van der Waals surface area contributed by atoms with Crippen LogP contribution < -0.4 is 10.1 Å². The molecule has 0 aliphatic heterocycles. The van der Waals surface area contributed by atoms with E-state index >= 15 is 0 Å². The molecule has 28 heavy (non-hydrogen) atoms. The Morgan fingerprint density at radius 2 is 1.50 bits per heavy atom. The van der Waals surface area contributed by atoms with Gasteiger partial charge in [-0.2, -0.15) is 0 Å². The number of aryl methyl sites for hydroxylation is 2.